The van der Waals surface area contributed by atoms with Gasteiger partial charge in [-0.05, 0) is 36.6 Å². The molecule has 2 aromatic rings. The Morgan fingerprint density at radius 2 is 1.63 bits per heavy atom. The van der Waals surface area contributed by atoms with Crippen LogP contribution in [0.3, 0.4) is 0 Å². The van der Waals surface area contributed by atoms with Crippen molar-refractivity contribution in [1.29, 1.82) is 0 Å². The highest BCUT2D eigenvalue weighted by Crippen LogP contribution is 2.49. The molecule has 27 heavy (non-hydrogen) atoms. The number of carbonyl (C=O) groups excluding carboxylic acids is 3. The maximum atomic E-state index is 13.2. The Bertz CT molecular complexity index is 933. The fraction of sp³-hybridized carbons (Fsp3) is 0.227. The van der Waals surface area contributed by atoms with Crippen LogP contribution in [0.25, 0.3) is 5.57 Å². The van der Waals surface area contributed by atoms with E-state index in [2.05, 4.69) is 0 Å². The molecule has 1 saturated heterocycles. The van der Waals surface area contributed by atoms with Crippen molar-refractivity contribution in [3.63, 3.8) is 0 Å². The second-order valence-electron chi connectivity index (χ2n) is 6.61. The minimum absolute atomic E-state index is 0.224. The van der Waals surface area contributed by atoms with Crippen LogP contribution in [0.5, 0.6) is 0 Å². The zero-order chi connectivity index (χ0) is 19.0. The highest BCUT2D eigenvalue weighted by molar-refractivity contribution is 6.27. The van der Waals surface area contributed by atoms with Crippen molar-refractivity contribution in [2.75, 3.05) is 11.5 Å². The lowest BCUT2D eigenvalue weighted by Crippen LogP contribution is -2.32. The molecule has 0 saturated carbocycles. The molecule has 2 amide bonds. The first-order valence-corrected chi connectivity index (χ1v) is 9.02. The Labute approximate surface area is 157 Å². The third-order valence-electron chi connectivity index (χ3n) is 5.11. The maximum absolute atomic E-state index is 13.2. The molecule has 1 aliphatic carbocycles. The van der Waals surface area contributed by atoms with E-state index in [9.17, 15) is 14.4 Å². The fourth-order valence-corrected chi connectivity index (χ4v) is 3.99. The minimum Gasteiger partial charge on any atom is -0.463 e. The Hall–Kier alpha value is -3.21. The van der Waals surface area contributed by atoms with Gasteiger partial charge >= 0.3 is 5.97 Å². The number of rotatable bonds is 4. The number of hydrogen-bond acceptors (Lipinski definition) is 4. The summed E-state index contributed by atoms with van der Waals surface area (Å²) in [6, 6.07) is 18.2. The quantitative estimate of drug-likeness (QED) is 0.620. The van der Waals surface area contributed by atoms with E-state index in [1.807, 2.05) is 36.4 Å². The topological polar surface area (TPSA) is 63.7 Å². The summed E-state index contributed by atoms with van der Waals surface area (Å²) in [7, 11) is 0. The predicted octanol–water partition coefficient (Wildman–Crippen LogP) is 3.21. The van der Waals surface area contributed by atoms with Gasteiger partial charge in [0.2, 0.25) is 11.8 Å². The summed E-state index contributed by atoms with van der Waals surface area (Å²) >= 11 is 0. The van der Waals surface area contributed by atoms with Gasteiger partial charge in [0.15, 0.2) is 0 Å². The molecule has 2 atom stereocenters. The third-order valence-corrected chi connectivity index (χ3v) is 5.11. The molecule has 4 rings (SSSR count). The van der Waals surface area contributed by atoms with Crippen molar-refractivity contribution in [3.8, 4) is 0 Å². The van der Waals surface area contributed by atoms with Crippen molar-refractivity contribution in [2.24, 2.45) is 11.8 Å². The zero-order valence-corrected chi connectivity index (χ0v) is 14.9. The second kappa shape index (κ2) is 6.83. The van der Waals surface area contributed by atoms with E-state index in [1.54, 1.807) is 31.2 Å². The van der Waals surface area contributed by atoms with Gasteiger partial charge in [-0.2, -0.15) is 0 Å². The van der Waals surface area contributed by atoms with Gasteiger partial charge < -0.3 is 4.74 Å². The lowest BCUT2D eigenvalue weighted by molar-refractivity contribution is -0.138. The first kappa shape index (κ1) is 17.2. The smallest absolute Gasteiger partial charge is 0.334 e. The molecule has 0 unspecified atom stereocenters. The molecule has 2 aromatic carbocycles. The maximum Gasteiger partial charge on any atom is 0.334 e. The van der Waals surface area contributed by atoms with Crippen molar-refractivity contribution in [3.05, 3.63) is 71.8 Å². The lowest BCUT2D eigenvalue weighted by atomic mass is 9.89. The molecule has 5 heteroatoms. The van der Waals surface area contributed by atoms with Crippen LogP contribution in [0, 0.1) is 11.8 Å². The van der Waals surface area contributed by atoms with E-state index in [0.717, 1.165) is 5.56 Å². The monoisotopic (exact) mass is 361 g/mol. The van der Waals surface area contributed by atoms with Gasteiger partial charge in [0, 0.05) is 5.57 Å². The van der Waals surface area contributed by atoms with Gasteiger partial charge in [-0.25, -0.2) is 9.69 Å². The summed E-state index contributed by atoms with van der Waals surface area (Å²) in [5.41, 5.74) is 2.40. The summed E-state index contributed by atoms with van der Waals surface area (Å²) in [5, 5.41) is 0. The van der Waals surface area contributed by atoms with E-state index in [1.165, 1.54) is 4.90 Å². The number of esters is 1. The molecule has 0 bridgehead atoms. The molecule has 136 valence electrons. The standard InChI is InChI=1S/C22H19NO4/c1-2-27-22(26)17-13-16-19(18(17)14-9-5-3-6-10-14)21(25)23(20(16)24)15-11-7-4-8-12-15/h3-12,16,19H,2,13H2,1H3/t16-,19-/m0/s1. The number of amides is 2. The highest BCUT2D eigenvalue weighted by atomic mass is 16.5. The first-order chi connectivity index (χ1) is 13.1. The number of fused-ring (bicyclic) bond motifs is 1. The fourth-order valence-electron chi connectivity index (χ4n) is 3.99. The average Bonchev–Trinajstić information content (AvgIpc) is 3.20. The van der Waals surface area contributed by atoms with Crippen LogP contribution < -0.4 is 4.90 Å². The normalized spacial score (nSPS) is 21.6. The van der Waals surface area contributed by atoms with Crippen LogP contribution >= 0.6 is 0 Å². The average molecular weight is 361 g/mol. The summed E-state index contributed by atoms with van der Waals surface area (Å²) in [5.74, 6) is -2.21. The number of benzene rings is 2. The molecule has 0 aromatic heterocycles. The lowest BCUT2D eigenvalue weighted by Gasteiger charge is -2.17. The van der Waals surface area contributed by atoms with E-state index < -0.39 is 17.8 Å². The summed E-state index contributed by atoms with van der Waals surface area (Å²) < 4.78 is 5.19. The summed E-state index contributed by atoms with van der Waals surface area (Å²) in [6.07, 6.45) is 0.224. The Morgan fingerprint density at radius 1 is 1.00 bits per heavy atom. The summed E-state index contributed by atoms with van der Waals surface area (Å²) in [6.45, 7) is 1.99. The number of imide groups is 1. The molecule has 5 nitrogen and oxygen atoms in total. The van der Waals surface area contributed by atoms with E-state index >= 15 is 0 Å². The molecule has 0 N–H and O–H groups in total. The molecule has 1 aliphatic heterocycles. The van der Waals surface area contributed by atoms with Gasteiger partial charge in [-0.3, -0.25) is 9.59 Å². The van der Waals surface area contributed by atoms with Crippen LogP contribution in [0.2, 0.25) is 0 Å². The summed E-state index contributed by atoms with van der Waals surface area (Å²) in [4.78, 5) is 40.0. The van der Waals surface area contributed by atoms with Crippen LogP contribution in [0.4, 0.5) is 5.69 Å². The van der Waals surface area contributed by atoms with Gasteiger partial charge in [0.05, 0.1) is 24.1 Å². The number of ether oxygens (including phenoxy) is 1. The highest BCUT2D eigenvalue weighted by Gasteiger charge is 2.55. The number of para-hydroxylation sites is 1. The molecule has 1 fully saturated rings. The van der Waals surface area contributed by atoms with Gasteiger partial charge in [0.1, 0.15) is 0 Å². The van der Waals surface area contributed by atoms with Crippen molar-refractivity contribution < 1.29 is 19.1 Å². The molecule has 1 heterocycles. The number of carbonyl (C=O) groups is 3. The minimum atomic E-state index is -0.653. The van der Waals surface area contributed by atoms with Crippen LogP contribution in [-0.4, -0.2) is 24.4 Å². The third kappa shape index (κ3) is 2.76. The van der Waals surface area contributed by atoms with Crippen LogP contribution in [-0.2, 0) is 19.1 Å². The molecular formula is C22H19NO4. The molecule has 2 aliphatic rings. The van der Waals surface area contributed by atoms with E-state index in [4.69, 9.17) is 4.74 Å². The van der Waals surface area contributed by atoms with Gasteiger partial charge in [-0.1, -0.05) is 48.5 Å². The van der Waals surface area contributed by atoms with E-state index in [0.29, 0.717) is 16.8 Å². The van der Waals surface area contributed by atoms with Crippen LogP contribution in [0.15, 0.2) is 66.2 Å². The first-order valence-electron chi connectivity index (χ1n) is 9.02. The Kier molecular flexibility index (Phi) is 4.36. The van der Waals surface area contributed by atoms with Gasteiger partial charge in [-0.15, -0.1) is 0 Å². The predicted molar refractivity (Wildman–Crippen MR) is 101 cm³/mol. The van der Waals surface area contributed by atoms with Crippen molar-refractivity contribution in [2.45, 2.75) is 13.3 Å². The second-order valence-corrected chi connectivity index (χ2v) is 6.61. The van der Waals surface area contributed by atoms with E-state index in [-0.39, 0.29) is 24.8 Å². The van der Waals surface area contributed by atoms with Crippen molar-refractivity contribution in [1.82, 2.24) is 0 Å². The number of nitrogens with zero attached hydrogens (tertiary/aromatic N) is 1. The number of hydrogen-bond donors (Lipinski definition) is 0. The largest absolute Gasteiger partial charge is 0.463 e. The molecular weight excluding hydrogens is 342 g/mol. The molecule has 0 spiro atoms. The van der Waals surface area contributed by atoms with Crippen molar-refractivity contribution >= 4 is 29.0 Å². The zero-order valence-electron chi connectivity index (χ0n) is 14.9. The van der Waals surface area contributed by atoms with Crippen LogP contribution in [0.1, 0.15) is 18.9 Å². The van der Waals surface area contributed by atoms with Gasteiger partial charge in [0.25, 0.3) is 0 Å². The number of anilines is 1. The Morgan fingerprint density at radius 3 is 2.26 bits per heavy atom. The SMILES string of the molecule is CCOC(=O)C1=C(c2ccccc2)[C@H]2C(=O)N(c3ccccc3)C(=O)[C@H]2C1. The Balaban J connectivity index is 1.81. The molecule has 0 radical (unpaired) electrons.